The average Bonchev–Trinajstić information content (AvgIpc) is 2.81. The number of Topliss-reactive ketones (excluding diaryl/α,β-unsaturated/α-hetero) is 1. The summed E-state index contributed by atoms with van der Waals surface area (Å²) in [4.78, 5) is 22.7. The first-order chi connectivity index (χ1) is 12.4. The van der Waals surface area contributed by atoms with Crippen molar-refractivity contribution in [3.05, 3.63) is 39.9 Å². The number of unbranched alkanes of at least 4 members (excludes halogenated alkanes) is 3. The molecule has 1 fully saturated rings. The lowest BCUT2D eigenvalue weighted by molar-refractivity contribution is -0.137. The Hall–Kier alpha value is -1.36. The number of carboxylic acid groups (broad SMARTS) is 1. The van der Waals surface area contributed by atoms with Crippen molar-refractivity contribution in [2.75, 3.05) is 0 Å². The van der Waals surface area contributed by atoms with E-state index in [0.29, 0.717) is 22.9 Å². The van der Waals surface area contributed by atoms with Crippen molar-refractivity contribution in [2.24, 2.45) is 11.8 Å². The molecule has 0 bridgehead atoms. The molecule has 1 saturated carbocycles. The molecule has 0 amide bonds. The number of rotatable bonds is 9. The zero-order valence-corrected chi connectivity index (χ0v) is 16.0. The number of carboxylic acids is 1. The number of aliphatic hydroxyl groups excluding tert-OH is 1. The molecular weight excluding hydrogens is 375 g/mol. The summed E-state index contributed by atoms with van der Waals surface area (Å²) in [6.45, 7) is 0. The summed E-state index contributed by atoms with van der Waals surface area (Å²) < 4.78 is 0. The van der Waals surface area contributed by atoms with Crippen LogP contribution < -0.4 is 0 Å². The highest BCUT2D eigenvalue weighted by atomic mass is 35.5. The van der Waals surface area contributed by atoms with Crippen LogP contribution in [0.5, 0.6) is 0 Å². The Morgan fingerprint density at radius 2 is 1.77 bits per heavy atom. The summed E-state index contributed by atoms with van der Waals surface area (Å²) in [6, 6.07) is 5.22. The van der Waals surface area contributed by atoms with Gasteiger partial charge in [-0.3, -0.25) is 9.59 Å². The van der Waals surface area contributed by atoms with Crippen molar-refractivity contribution in [3.63, 3.8) is 0 Å². The number of carbonyl (C=O) groups is 2. The molecule has 2 rings (SSSR count). The van der Waals surface area contributed by atoms with Crippen molar-refractivity contribution in [3.8, 4) is 0 Å². The molecule has 0 aliphatic heterocycles. The highest BCUT2D eigenvalue weighted by molar-refractivity contribution is 6.34. The third-order valence-electron chi connectivity index (χ3n) is 4.78. The van der Waals surface area contributed by atoms with E-state index in [9.17, 15) is 14.7 Å². The van der Waals surface area contributed by atoms with E-state index in [1.165, 1.54) is 0 Å². The fourth-order valence-corrected chi connectivity index (χ4v) is 4.02. The van der Waals surface area contributed by atoms with Crippen molar-refractivity contribution in [1.29, 1.82) is 0 Å². The molecule has 2 N–H and O–H groups in total. The van der Waals surface area contributed by atoms with Gasteiger partial charge in [-0.15, -0.1) is 0 Å². The molecule has 6 heteroatoms. The van der Waals surface area contributed by atoms with Crippen molar-refractivity contribution in [2.45, 2.75) is 51.0 Å². The summed E-state index contributed by atoms with van der Waals surface area (Å²) in [5, 5.41) is 19.9. The zero-order valence-electron chi connectivity index (χ0n) is 14.5. The first kappa shape index (κ1) is 20.9. The number of hydrogen-bond acceptors (Lipinski definition) is 3. The van der Waals surface area contributed by atoms with E-state index < -0.39 is 12.1 Å². The molecule has 0 aromatic heterocycles. The Labute approximate surface area is 163 Å². The van der Waals surface area contributed by atoms with Crippen LogP contribution >= 0.6 is 23.2 Å². The fourth-order valence-electron chi connectivity index (χ4n) is 3.48. The molecule has 1 aliphatic rings. The van der Waals surface area contributed by atoms with Crippen molar-refractivity contribution < 1.29 is 19.8 Å². The van der Waals surface area contributed by atoms with Gasteiger partial charge in [0.2, 0.25) is 0 Å². The second-order valence-corrected chi connectivity index (χ2v) is 7.70. The molecule has 4 nitrogen and oxygen atoms in total. The first-order valence-electron chi connectivity index (χ1n) is 8.93. The summed E-state index contributed by atoms with van der Waals surface area (Å²) in [5.41, 5.74) is 0.835. The van der Waals surface area contributed by atoms with E-state index in [1.54, 1.807) is 18.2 Å². The maximum atomic E-state index is 12.2. The topological polar surface area (TPSA) is 74.6 Å². The summed E-state index contributed by atoms with van der Waals surface area (Å²) in [5.74, 6) is -1.07. The van der Waals surface area contributed by atoms with Gasteiger partial charge in [-0.2, -0.15) is 0 Å². The third kappa shape index (κ3) is 6.42. The highest BCUT2D eigenvalue weighted by Crippen LogP contribution is 2.35. The fraction of sp³-hybridized carbons (Fsp3) is 0.500. The molecule has 1 aliphatic carbocycles. The van der Waals surface area contributed by atoms with E-state index in [0.717, 1.165) is 24.8 Å². The normalized spacial score (nSPS) is 23.0. The van der Waals surface area contributed by atoms with E-state index in [4.69, 9.17) is 28.3 Å². The highest BCUT2D eigenvalue weighted by Gasteiger charge is 2.39. The second-order valence-electron chi connectivity index (χ2n) is 6.83. The molecule has 0 spiro atoms. The molecule has 26 heavy (non-hydrogen) atoms. The number of benzene rings is 1. The van der Waals surface area contributed by atoms with Crippen molar-refractivity contribution >= 4 is 41.0 Å². The van der Waals surface area contributed by atoms with Gasteiger partial charge in [-0.25, -0.2) is 0 Å². The maximum Gasteiger partial charge on any atom is 0.303 e. The predicted molar refractivity (Wildman–Crippen MR) is 103 cm³/mol. The van der Waals surface area contributed by atoms with Crippen LogP contribution in [0.1, 0.15) is 50.5 Å². The SMILES string of the molecule is O=C(O)CCCCCCC1C(=O)CC(O)C1C=Cc1cc(Cl)cc(Cl)c1. The number of carbonyl (C=O) groups excluding carboxylic acids is 1. The quantitative estimate of drug-likeness (QED) is 0.573. The van der Waals surface area contributed by atoms with Gasteiger partial charge in [0.05, 0.1) is 6.10 Å². The molecule has 3 atom stereocenters. The van der Waals surface area contributed by atoms with Crippen LogP contribution in [0.2, 0.25) is 10.0 Å². The molecule has 0 saturated heterocycles. The minimum Gasteiger partial charge on any atom is -0.481 e. The Kier molecular flexibility index (Phi) is 8.14. The van der Waals surface area contributed by atoms with Gasteiger partial charge in [0.15, 0.2) is 0 Å². The largest absolute Gasteiger partial charge is 0.481 e. The molecule has 0 heterocycles. The number of ketones is 1. The number of halogens is 2. The van der Waals surface area contributed by atoms with E-state index in [1.807, 2.05) is 12.2 Å². The summed E-state index contributed by atoms with van der Waals surface area (Å²) in [6.07, 6.45) is 7.43. The summed E-state index contributed by atoms with van der Waals surface area (Å²) >= 11 is 12.0. The van der Waals surface area contributed by atoms with Gasteiger partial charge in [0.25, 0.3) is 0 Å². The molecule has 1 aromatic carbocycles. The Morgan fingerprint density at radius 1 is 1.12 bits per heavy atom. The molecule has 0 radical (unpaired) electrons. The van der Waals surface area contributed by atoms with E-state index >= 15 is 0 Å². The minimum atomic E-state index is -0.773. The van der Waals surface area contributed by atoms with Crippen LogP contribution in [-0.2, 0) is 9.59 Å². The molecular formula is C20H24Cl2O4. The van der Waals surface area contributed by atoms with Gasteiger partial charge in [0, 0.05) is 34.7 Å². The number of hydrogen-bond donors (Lipinski definition) is 2. The number of aliphatic carboxylic acids is 1. The molecule has 3 unspecified atom stereocenters. The van der Waals surface area contributed by atoms with Crippen molar-refractivity contribution in [1.82, 2.24) is 0 Å². The standard InChI is InChI=1S/C20H24Cl2O4/c21-14-9-13(10-15(22)11-14)7-8-17-16(18(23)12-19(17)24)5-3-1-2-4-6-20(25)26/h7-11,16-17,19,24H,1-6,12H2,(H,25,26). The summed E-state index contributed by atoms with van der Waals surface area (Å²) in [7, 11) is 0. The average molecular weight is 399 g/mol. The van der Waals surface area contributed by atoms with E-state index in [-0.39, 0.29) is 30.5 Å². The number of aliphatic hydroxyl groups is 1. The molecule has 142 valence electrons. The van der Waals surface area contributed by atoms with Crippen LogP contribution in [0.3, 0.4) is 0 Å². The monoisotopic (exact) mass is 398 g/mol. The second kappa shape index (κ2) is 10.1. The van der Waals surface area contributed by atoms with Gasteiger partial charge < -0.3 is 10.2 Å². The Bertz CT molecular complexity index is 652. The van der Waals surface area contributed by atoms with Crippen LogP contribution in [0.15, 0.2) is 24.3 Å². The Balaban J connectivity index is 1.91. The van der Waals surface area contributed by atoms with Crippen LogP contribution in [0.4, 0.5) is 0 Å². The van der Waals surface area contributed by atoms with Gasteiger partial charge >= 0.3 is 5.97 Å². The molecule has 1 aromatic rings. The zero-order chi connectivity index (χ0) is 19.1. The predicted octanol–water partition coefficient (Wildman–Crippen LogP) is 5.00. The smallest absolute Gasteiger partial charge is 0.303 e. The van der Waals surface area contributed by atoms with E-state index in [2.05, 4.69) is 0 Å². The minimum absolute atomic E-state index is 0.0989. The first-order valence-corrected chi connectivity index (χ1v) is 9.69. The van der Waals surface area contributed by atoms with Crippen LogP contribution in [0, 0.1) is 11.8 Å². The maximum absolute atomic E-state index is 12.2. The lowest BCUT2D eigenvalue weighted by Gasteiger charge is -2.17. The van der Waals surface area contributed by atoms with Crippen LogP contribution in [0.25, 0.3) is 6.08 Å². The van der Waals surface area contributed by atoms with Crippen LogP contribution in [-0.4, -0.2) is 28.1 Å². The van der Waals surface area contributed by atoms with Gasteiger partial charge in [-0.1, -0.05) is 54.6 Å². The van der Waals surface area contributed by atoms with Gasteiger partial charge in [-0.05, 0) is 36.6 Å². The lowest BCUT2D eigenvalue weighted by Crippen LogP contribution is -2.18. The lowest BCUT2D eigenvalue weighted by atomic mass is 9.88. The third-order valence-corrected chi connectivity index (χ3v) is 5.22. The Morgan fingerprint density at radius 3 is 2.42 bits per heavy atom. The van der Waals surface area contributed by atoms with Gasteiger partial charge in [0.1, 0.15) is 5.78 Å².